The number of aliphatic carboxylic acids is 1. The van der Waals surface area contributed by atoms with Gasteiger partial charge in [-0.1, -0.05) is 17.7 Å². The summed E-state index contributed by atoms with van der Waals surface area (Å²) in [5, 5.41) is 9.52. The minimum Gasteiger partial charge on any atom is -0.481 e. The van der Waals surface area contributed by atoms with Crippen molar-refractivity contribution in [1.82, 2.24) is 4.90 Å². The molecule has 0 bridgehead atoms. The number of hydrogen-bond acceptors (Lipinski definition) is 2. The Kier molecular flexibility index (Phi) is 5.25. The number of carbonyl (C=O) groups is 1. The van der Waals surface area contributed by atoms with Gasteiger partial charge >= 0.3 is 5.97 Å². The molecule has 19 heavy (non-hydrogen) atoms. The van der Waals surface area contributed by atoms with Crippen LogP contribution in [0.5, 0.6) is 0 Å². The van der Waals surface area contributed by atoms with Crippen LogP contribution in [-0.2, 0) is 11.3 Å². The van der Waals surface area contributed by atoms with E-state index in [1.54, 1.807) is 0 Å². The first-order valence-corrected chi connectivity index (χ1v) is 7.60. The minimum absolute atomic E-state index is 0.306. The van der Waals surface area contributed by atoms with Gasteiger partial charge in [0.15, 0.2) is 0 Å². The normalized spacial score (nSPS) is 17.6. The van der Waals surface area contributed by atoms with Crippen molar-refractivity contribution in [1.29, 1.82) is 0 Å². The number of piperidine rings is 1. The molecule has 2 rings (SSSR count). The van der Waals surface area contributed by atoms with Gasteiger partial charge in [-0.2, -0.15) is 0 Å². The Hall–Kier alpha value is -0.580. The van der Waals surface area contributed by atoms with E-state index in [9.17, 15) is 4.79 Å². The number of halogens is 2. The molecule has 0 atom stereocenters. The second kappa shape index (κ2) is 6.73. The average Bonchev–Trinajstić information content (AvgIpc) is 2.36. The molecule has 1 aromatic rings. The van der Waals surface area contributed by atoms with Crippen LogP contribution in [0, 0.1) is 5.92 Å². The van der Waals surface area contributed by atoms with Crippen LogP contribution < -0.4 is 0 Å². The Morgan fingerprint density at radius 3 is 2.68 bits per heavy atom. The average molecular weight is 347 g/mol. The number of benzene rings is 1. The van der Waals surface area contributed by atoms with Crippen LogP contribution >= 0.6 is 27.5 Å². The molecular formula is C14H17BrClNO2. The maximum Gasteiger partial charge on any atom is 0.303 e. The van der Waals surface area contributed by atoms with Crippen molar-refractivity contribution < 1.29 is 9.90 Å². The van der Waals surface area contributed by atoms with E-state index >= 15 is 0 Å². The molecule has 1 fully saturated rings. The van der Waals surface area contributed by atoms with E-state index in [-0.39, 0.29) is 0 Å². The van der Waals surface area contributed by atoms with Gasteiger partial charge in [0, 0.05) is 17.4 Å². The summed E-state index contributed by atoms with van der Waals surface area (Å²) < 4.78 is 0.924. The molecule has 0 aromatic heterocycles. The van der Waals surface area contributed by atoms with Crippen LogP contribution in [0.15, 0.2) is 22.7 Å². The maximum absolute atomic E-state index is 10.7. The molecule has 1 aromatic carbocycles. The fourth-order valence-electron chi connectivity index (χ4n) is 2.49. The quantitative estimate of drug-likeness (QED) is 0.902. The molecule has 1 N–H and O–H groups in total. The Morgan fingerprint density at radius 1 is 1.42 bits per heavy atom. The van der Waals surface area contributed by atoms with E-state index in [1.165, 1.54) is 5.56 Å². The van der Waals surface area contributed by atoms with Gasteiger partial charge in [-0.3, -0.25) is 9.69 Å². The SMILES string of the molecule is O=C(O)CC1CCN(Cc2ccc(Cl)c(Br)c2)CC1. The summed E-state index contributed by atoms with van der Waals surface area (Å²) in [7, 11) is 0. The topological polar surface area (TPSA) is 40.5 Å². The first-order valence-electron chi connectivity index (χ1n) is 6.42. The number of carboxylic acids is 1. The number of carboxylic acid groups (broad SMARTS) is 1. The lowest BCUT2D eigenvalue weighted by Crippen LogP contribution is -2.33. The third-order valence-corrected chi connectivity index (χ3v) is 4.77. The van der Waals surface area contributed by atoms with Gasteiger partial charge < -0.3 is 5.11 Å². The Bertz CT molecular complexity index is 459. The standard InChI is InChI=1S/C14H17BrClNO2/c15-12-7-11(1-2-13(12)16)9-17-5-3-10(4-6-17)8-14(18)19/h1-2,7,10H,3-6,8-9H2,(H,18,19). The van der Waals surface area contributed by atoms with E-state index < -0.39 is 5.97 Å². The fraction of sp³-hybridized carbons (Fsp3) is 0.500. The Labute approximate surface area is 126 Å². The minimum atomic E-state index is -0.680. The zero-order valence-electron chi connectivity index (χ0n) is 10.6. The molecule has 1 aliphatic heterocycles. The Morgan fingerprint density at radius 2 is 2.11 bits per heavy atom. The fourth-order valence-corrected chi connectivity index (χ4v) is 3.04. The predicted octanol–water partition coefficient (Wildman–Crippen LogP) is 3.79. The molecule has 104 valence electrons. The van der Waals surface area contributed by atoms with Crippen molar-refractivity contribution in [2.75, 3.05) is 13.1 Å². The van der Waals surface area contributed by atoms with Crippen LogP contribution in [-0.4, -0.2) is 29.1 Å². The van der Waals surface area contributed by atoms with Crippen LogP contribution in [0.2, 0.25) is 5.02 Å². The number of hydrogen-bond donors (Lipinski definition) is 1. The molecule has 3 nitrogen and oxygen atoms in total. The molecule has 0 radical (unpaired) electrons. The summed E-state index contributed by atoms with van der Waals surface area (Å²) in [6, 6.07) is 5.99. The molecule has 0 amide bonds. The third-order valence-electron chi connectivity index (χ3n) is 3.56. The second-order valence-corrected chi connectivity index (χ2v) is 6.33. The summed E-state index contributed by atoms with van der Waals surface area (Å²) in [6.45, 7) is 2.84. The highest BCUT2D eigenvalue weighted by atomic mass is 79.9. The van der Waals surface area contributed by atoms with Crippen molar-refractivity contribution in [3.05, 3.63) is 33.3 Å². The number of nitrogens with zero attached hydrogens (tertiary/aromatic N) is 1. The molecule has 0 saturated carbocycles. The van der Waals surface area contributed by atoms with Gasteiger partial charge in [-0.15, -0.1) is 0 Å². The maximum atomic E-state index is 10.7. The Balaban J connectivity index is 1.85. The third kappa shape index (κ3) is 4.48. The molecule has 1 heterocycles. The van der Waals surface area contributed by atoms with Crippen molar-refractivity contribution in [2.45, 2.75) is 25.8 Å². The lowest BCUT2D eigenvalue weighted by molar-refractivity contribution is -0.138. The number of rotatable bonds is 4. The summed E-state index contributed by atoms with van der Waals surface area (Å²) in [5.41, 5.74) is 1.23. The van der Waals surface area contributed by atoms with Gasteiger partial charge in [0.2, 0.25) is 0 Å². The zero-order valence-corrected chi connectivity index (χ0v) is 13.0. The molecule has 0 spiro atoms. The van der Waals surface area contributed by atoms with E-state index in [0.29, 0.717) is 12.3 Å². The van der Waals surface area contributed by atoms with Crippen molar-refractivity contribution in [2.24, 2.45) is 5.92 Å². The smallest absolute Gasteiger partial charge is 0.303 e. The van der Waals surface area contributed by atoms with E-state index in [4.69, 9.17) is 16.7 Å². The van der Waals surface area contributed by atoms with Crippen LogP contribution in [0.4, 0.5) is 0 Å². The largest absolute Gasteiger partial charge is 0.481 e. The summed E-state index contributed by atoms with van der Waals surface area (Å²) in [5.74, 6) is -0.342. The first kappa shape index (κ1) is 14.8. The lowest BCUT2D eigenvalue weighted by atomic mass is 9.93. The monoisotopic (exact) mass is 345 g/mol. The summed E-state index contributed by atoms with van der Waals surface area (Å²) >= 11 is 9.41. The highest BCUT2D eigenvalue weighted by molar-refractivity contribution is 9.10. The van der Waals surface area contributed by atoms with Crippen molar-refractivity contribution in [3.63, 3.8) is 0 Å². The van der Waals surface area contributed by atoms with E-state index in [2.05, 4.69) is 20.8 Å². The van der Waals surface area contributed by atoms with Gasteiger partial charge in [-0.05, 0) is 65.5 Å². The predicted molar refractivity (Wildman–Crippen MR) is 79.4 cm³/mol. The molecule has 0 aliphatic carbocycles. The zero-order chi connectivity index (χ0) is 13.8. The summed E-state index contributed by atoms with van der Waals surface area (Å²) in [6.07, 6.45) is 2.25. The van der Waals surface area contributed by atoms with Crippen LogP contribution in [0.25, 0.3) is 0 Å². The van der Waals surface area contributed by atoms with E-state index in [1.807, 2.05) is 18.2 Å². The van der Waals surface area contributed by atoms with Gasteiger partial charge in [0.1, 0.15) is 0 Å². The van der Waals surface area contributed by atoms with Gasteiger partial charge in [0.25, 0.3) is 0 Å². The van der Waals surface area contributed by atoms with E-state index in [0.717, 1.165) is 42.0 Å². The highest BCUT2D eigenvalue weighted by Gasteiger charge is 2.21. The molecule has 0 unspecified atom stereocenters. The molecule has 1 saturated heterocycles. The summed E-state index contributed by atoms with van der Waals surface area (Å²) in [4.78, 5) is 13.0. The second-order valence-electron chi connectivity index (χ2n) is 5.07. The van der Waals surface area contributed by atoms with Crippen LogP contribution in [0.1, 0.15) is 24.8 Å². The van der Waals surface area contributed by atoms with Gasteiger partial charge in [0.05, 0.1) is 5.02 Å². The molecule has 5 heteroatoms. The van der Waals surface area contributed by atoms with Crippen molar-refractivity contribution in [3.8, 4) is 0 Å². The number of likely N-dealkylation sites (tertiary alicyclic amines) is 1. The van der Waals surface area contributed by atoms with Crippen molar-refractivity contribution >= 4 is 33.5 Å². The first-order chi connectivity index (χ1) is 9.04. The molecular weight excluding hydrogens is 330 g/mol. The molecule has 1 aliphatic rings. The van der Waals surface area contributed by atoms with Crippen LogP contribution in [0.3, 0.4) is 0 Å². The van der Waals surface area contributed by atoms with Gasteiger partial charge in [-0.25, -0.2) is 0 Å². The highest BCUT2D eigenvalue weighted by Crippen LogP contribution is 2.25. The lowest BCUT2D eigenvalue weighted by Gasteiger charge is -2.31.